The van der Waals surface area contributed by atoms with Crippen LogP contribution in [-0.2, 0) is 5.41 Å². The molecule has 0 saturated carbocycles. The molecule has 0 N–H and O–H groups in total. The van der Waals surface area contributed by atoms with Crippen LogP contribution in [0.2, 0.25) is 4.44 Å². The molecule has 4 heteroatoms. The van der Waals surface area contributed by atoms with Crippen LogP contribution in [0.1, 0.15) is 29.5 Å². The van der Waals surface area contributed by atoms with E-state index in [-0.39, 0.29) is 5.41 Å². The standard InChI is InChI=1S/C22H21.3BrH.Sn/c1-2-18-22(19-12-6-3-7-13-19,20-14-8-4-9-15-20)21-16-10-5-11-17-21;;;;/h3-17H,1-2,18H2;3*1H;/q;;;;+3/p-3. The molecule has 26 heavy (non-hydrogen) atoms. The van der Waals surface area contributed by atoms with Gasteiger partial charge in [0.1, 0.15) is 0 Å². The van der Waals surface area contributed by atoms with E-state index < -0.39 is 11.7 Å². The molecular formula is C22H21Br3Sn. The van der Waals surface area contributed by atoms with Crippen LogP contribution >= 0.6 is 38.1 Å². The molecule has 134 valence electrons. The van der Waals surface area contributed by atoms with Gasteiger partial charge in [-0.05, 0) is 0 Å². The zero-order valence-electron chi connectivity index (χ0n) is 14.4. The molecule has 0 aliphatic heterocycles. The van der Waals surface area contributed by atoms with E-state index in [0.29, 0.717) is 0 Å². The Balaban J connectivity index is 2.15. The summed E-state index contributed by atoms with van der Waals surface area (Å²) in [5, 5.41) is 0. The van der Waals surface area contributed by atoms with Gasteiger partial charge in [-0.25, -0.2) is 0 Å². The third-order valence-electron chi connectivity index (χ3n) is 4.81. The van der Waals surface area contributed by atoms with Crippen molar-refractivity contribution in [3.63, 3.8) is 0 Å². The molecule has 0 saturated heterocycles. The summed E-state index contributed by atoms with van der Waals surface area (Å²) in [6.07, 6.45) is 2.23. The molecule has 3 aromatic carbocycles. The zero-order valence-corrected chi connectivity index (χ0v) is 22.0. The summed E-state index contributed by atoms with van der Waals surface area (Å²) < 4.78 is 1.18. The first kappa shape index (κ1) is 20.6. The second kappa shape index (κ2) is 9.40. The molecule has 0 spiro atoms. The van der Waals surface area contributed by atoms with Gasteiger partial charge in [-0.1, -0.05) is 0 Å². The maximum atomic E-state index is 3.86. The molecule has 3 aromatic rings. The Morgan fingerprint density at radius 2 is 0.923 bits per heavy atom. The number of rotatable bonds is 7. The Bertz CT molecular complexity index is 702. The van der Waals surface area contributed by atoms with E-state index in [1.807, 2.05) is 0 Å². The fraction of sp³-hybridized carbons (Fsp3) is 0.182. The molecule has 0 unspecified atom stereocenters. The van der Waals surface area contributed by atoms with Crippen LogP contribution in [-0.4, -0.2) is 11.7 Å². The zero-order chi connectivity index (χ0) is 18.5. The molecule has 0 amide bonds. The van der Waals surface area contributed by atoms with Crippen LogP contribution < -0.4 is 0 Å². The third kappa shape index (κ3) is 5.03. The Labute approximate surface area is 178 Å². The first-order valence-electron chi connectivity index (χ1n) is 8.76. The monoisotopic (exact) mass is 642 g/mol. The summed E-state index contributed by atoms with van der Waals surface area (Å²) >= 11 is 9.23. The van der Waals surface area contributed by atoms with Gasteiger partial charge in [0, 0.05) is 0 Å². The summed E-state index contributed by atoms with van der Waals surface area (Å²) in [7, 11) is 0. The molecule has 0 heterocycles. The van der Waals surface area contributed by atoms with Gasteiger partial charge in [0.05, 0.1) is 0 Å². The van der Waals surface area contributed by atoms with E-state index in [9.17, 15) is 0 Å². The molecule has 0 aromatic heterocycles. The topological polar surface area (TPSA) is 0 Å². The van der Waals surface area contributed by atoms with Crippen molar-refractivity contribution in [1.82, 2.24) is 0 Å². The second-order valence-corrected chi connectivity index (χ2v) is 60.1. The first-order chi connectivity index (χ1) is 12.5. The Hall–Kier alpha value is -0.101. The van der Waals surface area contributed by atoms with Crippen LogP contribution in [0.4, 0.5) is 0 Å². The number of halogens is 3. The SMILES string of the molecule is [Br][Sn]([Br])([Br])[CH2]CCC(c1ccccc1)(c1ccccc1)c1ccccc1. The fourth-order valence-electron chi connectivity index (χ4n) is 3.66. The Morgan fingerprint density at radius 3 is 1.23 bits per heavy atom. The number of hydrogen-bond acceptors (Lipinski definition) is 0. The van der Waals surface area contributed by atoms with Gasteiger partial charge in [0.2, 0.25) is 0 Å². The normalized spacial score (nSPS) is 12.1. The predicted octanol–water partition coefficient (Wildman–Crippen LogP) is 7.92. The third-order valence-corrected chi connectivity index (χ3v) is 15.4. The van der Waals surface area contributed by atoms with E-state index in [4.69, 9.17) is 0 Å². The second-order valence-electron chi connectivity index (χ2n) is 6.47. The Kier molecular flexibility index (Phi) is 7.46. The van der Waals surface area contributed by atoms with Gasteiger partial charge in [-0.15, -0.1) is 0 Å². The molecule has 0 aliphatic rings. The van der Waals surface area contributed by atoms with Crippen molar-refractivity contribution in [2.24, 2.45) is 0 Å². The van der Waals surface area contributed by atoms with Gasteiger partial charge in [-0.2, -0.15) is 0 Å². The fourth-order valence-corrected chi connectivity index (χ4v) is 10.9. The molecule has 0 atom stereocenters. The van der Waals surface area contributed by atoms with Crippen molar-refractivity contribution >= 4 is 49.8 Å². The van der Waals surface area contributed by atoms with Gasteiger partial charge >= 0.3 is 180 Å². The van der Waals surface area contributed by atoms with Crippen molar-refractivity contribution in [3.8, 4) is 0 Å². The van der Waals surface area contributed by atoms with Gasteiger partial charge in [-0.3, -0.25) is 0 Å². The quantitative estimate of drug-likeness (QED) is 0.181. The van der Waals surface area contributed by atoms with E-state index in [1.54, 1.807) is 0 Å². The first-order valence-corrected chi connectivity index (χ1v) is 30.0. The van der Waals surface area contributed by atoms with Crippen LogP contribution in [0.3, 0.4) is 0 Å². The van der Waals surface area contributed by atoms with Gasteiger partial charge < -0.3 is 0 Å². The van der Waals surface area contributed by atoms with Crippen LogP contribution in [0, 0.1) is 0 Å². The molecule has 0 aliphatic carbocycles. The van der Waals surface area contributed by atoms with E-state index >= 15 is 0 Å². The summed E-state index contributed by atoms with van der Waals surface area (Å²) in [5.41, 5.74) is 3.94. The van der Waals surface area contributed by atoms with Crippen molar-refractivity contribution in [3.05, 3.63) is 108 Å². The molecule has 3 rings (SSSR count). The van der Waals surface area contributed by atoms with E-state index in [1.165, 1.54) is 21.1 Å². The average molecular weight is 644 g/mol. The molecular weight excluding hydrogens is 623 g/mol. The minimum atomic E-state index is -2.35. The van der Waals surface area contributed by atoms with E-state index in [2.05, 4.69) is 129 Å². The minimum absolute atomic E-state index is 0.131. The van der Waals surface area contributed by atoms with E-state index in [0.717, 1.165) is 12.8 Å². The Morgan fingerprint density at radius 1 is 0.577 bits per heavy atom. The van der Waals surface area contributed by atoms with Crippen molar-refractivity contribution < 1.29 is 0 Å². The van der Waals surface area contributed by atoms with Gasteiger partial charge in [0.25, 0.3) is 0 Å². The summed E-state index contributed by atoms with van der Waals surface area (Å²) in [5.74, 6) is 0. The molecule has 0 radical (unpaired) electrons. The summed E-state index contributed by atoms with van der Waals surface area (Å²) in [4.78, 5) is 0. The van der Waals surface area contributed by atoms with Gasteiger partial charge in [0.15, 0.2) is 0 Å². The van der Waals surface area contributed by atoms with Crippen molar-refractivity contribution in [2.75, 3.05) is 0 Å². The molecule has 0 nitrogen and oxygen atoms in total. The molecule has 0 bridgehead atoms. The maximum absolute atomic E-state index is 3.86. The summed E-state index contributed by atoms with van der Waals surface area (Å²) in [6, 6.07) is 32.8. The number of benzene rings is 3. The number of hydrogen-bond donors (Lipinski definition) is 0. The van der Waals surface area contributed by atoms with Crippen molar-refractivity contribution in [2.45, 2.75) is 22.7 Å². The molecule has 0 fully saturated rings. The summed E-state index contributed by atoms with van der Waals surface area (Å²) in [6.45, 7) is 0. The van der Waals surface area contributed by atoms with Crippen LogP contribution in [0.5, 0.6) is 0 Å². The predicted molar refractivity (Wildman–Crippen MR) is 126 cm³/mol. The average Bonchev–Trinajstić information content (AvgIpc) is 2.67. The van der Waals surface area contributed by atoms with Crippen LogP contribution in [0.25, 0.3) is 0 Å². The van der Waals surface area contributed by atoms with Crippen molar-refractivity contribution in [1.29, 1.82) is 0 Å². The van der Waals surface area contributed by atoms with Crippen LogP contribution in [0.15, 0.2) is 91.0 Å².